The Kier molecular flexibility index (Phi) is 5.36. The van der Waals surface area contributed by atoms with Gasteiger partial charge in [-0.05, 0) is 49.1 Å². The molecule has 1 amide bonds. The summed E-state index contributed by atoms with van der Waals surface area (Å²) in [5.41, 5.74) is 15.1. The number of fused-ring (bicyclic) bond motifs is 3. The molecule has 2 saturated carbocycles. The SMILES string of the molecule is CC.NC(=O)c1cnc(NC(C2CC2)C2CC2)c2c1[nH]c1cc(-c3cnc(N)nc3)ccc12. The van der Waals surface area contributed by atoms with Gasteiger partial charge in [0.2, 0.25) is 5.95 Å². The number of nitrogens with zero attached hydrogens (tertiary/aromatic N) is 3. The number of H-pyrrole nitrogens is 1. The van der Waals surface area contributed by atoms with Crippen molar-refractivity contribution in [2.75, 3.05) is 11.1 Å². The maximum absolute atomic E-state index is 12.1. The van der Waals surface area contributed by atoms with Crippen LogP contribution in [0.2, 0.25) is 0 Å². The van der Waals surface area contributed by atoms with Gasteiger partial charge in [-0.1, -0.05) is 26.0 Å². The molecule has 8 nitrogen and oxygen atoms in total. The summed E-state index contributed by atoms with van der Waals surface area (Å²) in [5.74, 6) is 2.01. The molecule has 2 aliphatic carbocycles. The molecule has 0 saturated heterocycles. The maximum Gasteiger partial charge on any atom is 0.252 e. The second kappa shape index (κ2) is 8.35. The third-order valence-electron chi connectivity index (χ3n) is 6.46. The number of anilines is 2. The molecule has 170 valence electrons. The topological polar surface area (TPSA) is 136 Å². The normalized spacial score (nSPS) is 15.5. The molecule has 8 heteroatoms. The first-order valence-electron chi connectivity index (χ1n) is 11.7. The third-order valence-corrected chi connectivity index (χ3v) is 6.46. The molecule has 0 spiro atoms. The minimum Gasteiger partial charge on any atom is -0.368 e. The van der Waals surface area contributed by atoms with Gasteiger partial charge < -0.3 is 21.8 Å². The van der Waals surface area contributed by atoms with Crippen LogP contribution >= 0.6 is 0 Å². The van der Waals surface area contributed by atoms with Gasteiger partial charge in [0.05, 0.1) is 16.5 Å². The van der Waals surface area contributed by atoms with Crippen molar-refractivity contribution in [2.45, 2.75) is 45.6 Å². The van der Waals surface area contributed by atoms with Crippen molar-refractivity contribution in [1.29, 1.82) is 0 Å². The number of nitrogens with one attached hydrogen (secondary N) is 2. The molecular weight excluding hydrogens is 414 g/mol. The predicted molar refractivity (Wildman–Crippen MR) is 132 cm³/mol. The standard InChI is InChI=1S/C23H23N7O.C2H6/c24-21(31)16-10-26-22(30-19(11-1-2-11)12-3-4-12)18-15-6-5-13(7-17(15)29-20(16)18)14-8-27-23(25)28-9-14;1-2/h5-12,19,29H,1-4H2,(H2,24,31)(H,26,30)(H2,25,27,28);1-2H3. The van der Waals surface area contributed by atoms with E-state index >= 15 is 0 Å². The van der Waals surface area contributed by atoms with E-state index in [2.05, 4.69) is 25.3 Å². The van der Waals surface area contributed by atoms with Crippen LogP contribution in [0.15, 0.2) is 36.8 Å². The largest absolute Gasteiger partial charge is 0.368 e. The second-order valence-corrected chi connectivity index (χ2v) is 8.70. The number of hydrogen-bond acceptors (Lipinski definition) is 6. The Labute approximate surface area is 192 Å². The lowest BCUT2D eigenvalue weighted by Crippen LogP contribution is -2.25. The highest BCUT2D eigenvalue weighted by Crippen LogP contribution is 2.46. The summed E-state index contributed by atoms with van der Waals surface area (Å²) in [5, 5.41) is 5.64. The van der Waals surface area contributed by atoms with E-state index in [0.29, 0.717) is 11.6 Å². The number of benzene rings is 1. The highest BCUT2D eigenvalue weighted by molar-refractivity contribution is 6.18. The van der Waals surface area contributed by atoms with Crippen molar-refractivity contribution in [2.24, 2.45) is 17.6 Å². The van der Waals surface area contributed by atoms with E-state index in [4.69, 9.17) is 11.5 Å². The van der Waals surface area contributed by atoms with Gasteiger partial charge in [-0.2, -0.15) is 0 Å². The molecule has 3 heterocycles. The predicted octanol–water partition coefficient (Wildman–Crippen LogP) is 4.48. The number of hydrogen-bond donors (Lipinski definition) is 4. The molecular formula is C25H29N7O. The molecule has 0 radical (unpaired) electrons. The number of nitrogens with two attached hydrogens (primary N) is 2. The summed E-state index contributed by atoms with van der Waals surface area (Å²) in [6.45, 7) is 4.00. The van der Waals surface area contributed by atoms with E-state index in [0.717, 1.165) is 50.6 Å². The Hall–Kier alpha value is -3.68. The number of primary amides is 1. The molecule has 0 unspecified atom stereocenters. The number of aromatic nitrogens is 4. The van der Waals surface area contributed by atoms with Crippen molar-refractivity contribution in [3.05, 3.63) is 42.4 Å². The summed E-state index contributed by atoms with van der Waals surface area (Å²) in [4.78, 5) is 28.3. The first-order chi connectivity index (χ1) is 16.1. The fourth-order valence-electron chi connectivity index (χ4n) is 4.56. The fraction of sp³-hybridized carbons (Fsp3) is 0.360. The minimum atomic E-state index is -0.497. The van der Waals surface area contributed by atoms with Crippen LogP contribution in [-0.4, -0.2) is 31.9 Å². The first-order valence-corrected chi connectivity index (χ1v) is 11.7. The zero-order chi connectivity index (χ0) is 23.1. The lowest BCUT2D eigenvalue weighted by Gasteiger charge is -2.19. The van der Waals surface area contributed by atoms with Gasteiger partial charge >= 0.3 is 0 Å². The third kappa shape index (κ3) is 3.97. The molecule has 6 N–H and O–H groups in total. The average Bonchev–Trinajstić information content (AvgIpc) is 3.76. The van der Waals surface area contributed by atoms with Gasteiger partial charge in [-0.15, -0.1) is 0 Å². The molecule has 0 atom stereocenters. The zero-order valence-corrected chi connectivity index (χ0v) is 18.9. The van der Waals surface area contributed by atoms with E-state index < -0.39 is 5.91 Å². The van der Waals surface area contributed by atoms with Crippen LogP contribution in [0.1, 0.15) is 49.9 Å². The number of nitrogen functional groups attached to an aromatic ring is 1. The van der Waals surface area contributed by atoms with Crippen LogP contribution in [0.5, 0.6) is 0 Å². The van der Waals surface area contributed by atoms with Crippen molar-refractivity contribution in [1.82, 2.24) is 19.9 Å². The quantitative estimate of drug-likeness (QED) is 0.347. The number of carbonyl (C=O) groups is 1. The molecule has 0 bridgehead atoms. The Balaban J connectivity index is 0.00000111. The summed E-state index contributed by atoms with van der Waals surface area (Å²) in [6.07, 6.45) is 10.1. The number of pyridine rings is 1. The maximum atomic E-state index is 12.1. The fourth-order valence-corrected chi connectivity index (χ4v) is 4.56. The van der Waals surface area contributed by atoms with Crippen molar-refractivity contribution < 1.29 is 4.79 Å². The molecule has 2 aliphatic rings. The van der Waals surface area contributed by atoms with Crippen LogP contribution < -0.4 is 16.8 Å². The first kappa shape index (κ1) is 21.2. The summed E-state index contributed by atoms with van der Waals surface area (Å²) in [6, 6.07) is 6.54. The summed E-state index contributed by atoms with van der Waals surface area (Å²) in [7, 11) is 0. The van der Waals surface area contributed by atoms with Crippen LogP contribution in [-0.2, 0) is 0 Å². The number of amides is 1. The van der Waals surface area contributed by atoms with Gasteiger partial charge in [0.25, 0.3) is 5.91 Å². The molecule has 6 rings (SSSR count). The van der Waals surface area contributed by atoms with Gasteiger partial charge in [-0.25, -0.2) is 15.0 Å². The molecule has 3 aromatic heterocycles. The smallest absolute Gasteiger partial charge is 0.252 e. The summed E-state index contributed by atoms with van der Waals surface area (Å²) >= 11 is 0. The molecule has 0 aliphatic heterocycles. The second-order valence-electron chi connectivity index (χ2n) is 8.70. The van der Waals surface area contributed by atoms with E-state index in [9.17, 15) is 4.79 Å². The number of carbonyl (C=O) groups excluding carboxylic acids is 1. The van der Waals surface area contributed by atoms with Crippen LogP contribution in [0.3, 0.4) is 0 Å². The highest BCUT2D eigenvalue weighted by atomic mass is 16.1. The molecule has 33 heavy (non-hydrogen) atoms. The van der Waals surface area contributed by atoms with Crippen molar-refractivity contribution >= 4 is 39.5 Å². The molecule has 2 fully saturated rings. The van der Waals surface area contributed by atoms with Gasteiger partial charge in [-0.3, -0.25) is 4.79 Å². The number of aromatic amines is 1. The summed E-state index contributed by atoms with van der Waals surface area (Å²) < 4.78 is 0. The molecule has 1 aromatic carbocycles. The average molecular weight is 444 g/mol. The Morgan fingerprint density at radius 3 is 2.30 bits per heavy atom. The van der Waals surface area contributed by atoms with Crippen LogP contribution in [0.25, 0.3) is 32.9 Å². The molecule has 4 aromatic rings. The van der Waals surface area contributed by atoms with Crippen LogP contribution in [0.4, 0.5) is 11.8 Å². The Morgan fingerprint density at radius 1 is 1.03 bits per heavy atom. The Bertz CT molecular complexity index is 1310. The number of rotatable bonds is 6. The van der Waals surface area contributed by atoms with Gasteiger partial charge in [0, 0.05) is 41.1 Å². The lowest BCUT2D eigenvalue weighted by atomic mass is 10.0. The monoisotopic (exact) mass is 443 g/mol. The van der Waals surface area contributed by atoms with Crippen molar-refractivity contribution in [3.8, 4) is 11.1 Å². The van der Waals surface area contributed by atoms with E-state index in [1.54, 1.807) is 18.6 Å². The van der Waals surface area contributed by atoms with Gasteiger partial charge in [0.15, 0.2) is 0 Å². The Morgan fingerprint density at radius 2 is 1.70 bits per heavy atom. The van der Waals surface area contributed by atoms with E-state index in [1.165, 1.54) is 25.7 Å². The zero-order valence-electron chi connectivity index (χ0n) is 18.9. The van der Waals surface area contributed by atoms with E-state index in [-0.39, 0.29) is 5.95 Å². The highest BCUT2D eigenvalue weighted by Gasteiger charge is 2.42. The van der Waals surface area contributed by atoms with Crippen LogP contribution in [0, 0.1) is 11.8 Å². The van der Waals surface area contributed by atoms with E-state index in [1.807, 2.05) is 32.0 Å². The van der Waals surface area contributed by atoms with Crippen molar-refractivity contribution in [3.63, 3.8) is 0 Å². The van der Waals surface area contributed by atoms with Gasteiger partial charge in [0.1, 0.15) is 5.82 Å². The lowest BCUT2D eigenvalue weighted by molar-refractivity contribution is 0.100. The minimum absolute atomic E-state index is 0.240.